The first-order chi connectivity index (χ1) is 14.7. The van der Waals surface area contributed by atoms with Crippen LogP contribution in [-0.2, 0) is 21.2 Å². The monoisotopic (exact) mass is 448 g/mol. The maximum Gasteiger partial charge on any atom is 0.240 e. The molecule has 0 heterocycles. The summed E-state index contributed by atoms with van der Waals surface area (Å²) in [4.78, 5) is 12.5. The van der Waals surface area contributed by atoms with Gasteiger partial charge in [0.1, 0.15) is 18.0 Å². The number of sulfonamides is 1. The number of methoxy groups -OCH3 is 2. The molecule has 0 bridgehead atoms. The van der Waals surface area contributed by atoms with Crippen molar-refractivity contribution in [2.75, 3.05) is 37.9 Å². The summed E-state index contributed by atoms with van der Waals surface area (Å²) in [5.74, 6) is 0.914. The molecule has 0 aliphatic heterocycles. The van der Waals surface area contributed by atoms with Crippen LogP contribution in [0.1, 0.15) is 37.3 Å². The number of nitrogens with zero attached hydrogens (tertiary/aromatic N) is 1. The topological polar surface area (TPSA) is 84.9 Å². The summed E-state index contributed by atoms with van der Waals surface area (Å²) < 4.78 is 36.2. The molecule has 0 aromatic heterocycles. The first kappa shape index (κ1) is 24.5. The zero-order chi connectivity index (χ0) is 23.0. The van der Waals surface area contributed by atoms with Gasteiger partial charge in [0, 0.05) is 12.6 Å². The highest BCUT2D eigenvalue weighted by molar-refractivity contribution is 7.92. The van der Waals surface area contributed by atoms with Gasteiger partial charge >= 0.3 is 0 Å². The molecule has 8 heteroatoms. The van der Waals surface area contributed by atoms with E-state index in [-0.39, 0.29) is 18.1 Å². The molecule has 7 nitrogen and oxygen atoms in total. The smallest absolute Gasteiger partial charge is 0.240 e. The van der Waals surface area contributed by atoms with Crippen molar-refractivity contribution in [1.82, 2.24) is 5.32 Å². The lowest BCUT2D eigenvalue weighted by Crippen LogP contribution is -2.40. The minimum Gasteiger partial charge on any atom is -0.497 e. The minimum atomic E-state index is -3.72. The molecule has 0 saturated heterocycles. The highest BCUT2D eigenvalue weighted by atomic mass is 32.2. The number of aryl methyl sites for hydroxylation is 1. The molecule has 1 amide bonds. The number of rotatable bonds is 11. The minimum absolute atomic E-state index is 0.254. The molecule has 2 aromatic rings. The van der Waals surface area contributed by atoms with Gasteiger partial charge in [-0.2, -0.15) is 0 Å². The van der Waals surface area contributed by atoms with Crippen LogP contribution in [0.15, 0.2) is 42.5 Å². The van der Waals surface area contributed by atoms with Crippen molar-refractivity contribution in [1.29, 1.82) is 0 Å². The van der Waals surface area contributed by atoms with Crippen LogP contribution in [-0.4, -0.2) is 47.9 Å². The van der Waals surface area contributed by atoms with Crippen LogP contribution in [0.2, 0.25) is 0 Å². The van der Waals surface area contributed by atoms with Gasteiger partial charge in [-0.1, -0.05) is 38.1 Å². The fourth-order valence-electron chi connectivity index (χ4n) is 3.15. The second-order valence-corrected chi connectivity index (χ2v) is 9.56. The van der Waals surface area contributed by atoms with Gasteiger partial charge in [-0.3, -0.25) is 9.10 Å². The third-order valence-electron chi connectivity index (χ3n) is 4.95. The predicted molar refractivity (Wildman–Crippen MR) is 124 cm³/mol. The lowest BCUT2D eigenvalue weighted by atomic mass is 10.0. The summed E-state index contributed by atoms with van der Waals surface area (Å²) >= 11 is 0. The molecule has 0 unspecified atom stereocenters. The molecule has 0 atom stereocenters. The van der Waals surface area contributed by atoms with Gasteiger partial charge in [0.25, 0.3) is 0 Å². The third-order valence-corrected chi connectivity index (χ3v) is 6.08. The summed E-state index contributed by atoms with van der Waals surface area (Å²) in [5, 5.41) is 2.80. The molecule has 0 fully saturated rings. The Labute approximate surface area is 185 Å². The van der Waals surface area contributed by atoms with Crippen LogP contribution in [0.4, 0.5) is 5.69 Å². The molecular formula is C23H32N2O5S. The van der Waals surface area contributed by atoms with Crippen molar-refractivity contribution >= 4 is 21.6 Å². The molecule has 170 valence electrons. The summed E-state index contributed by atoms with van der Waals surface area (Å²) in [6.45, 7) is 4.43. The number of nitrogens with one attached hydrogen (secondary N) is 1. The SMILES string of the molecule is COc1ccc(OC)c(N(CC(=O)NCCCc2ccc(C(C)C)cc2)S(C)(=O)=O)c1. The highest BCUT2D eigenvalue weighted by Crippen LogP contribution is 2.33. The van der Waals surface area contributed by atoms with Gasteiger partial charge < -0.3 is 14.8 Å². The lowest BCUT2D eigenvalue weighted by Gasteiger charge is -2.24. The van der Waals surface area contributed by atoms with E-state index in [9.17, 15) is 13.2 Å². The maximum atomic E-state index is 12.5. The van der Waals surface area contributed by atoms with E-state index in [1.165, 1.54) is 31.4 Å². The van der Waals surface area contributed by atoms with Gasteiger partial charge in [0.2, 0.25) is 15.9 Å². The summed E-state index contributed by atoms with van der Waals surface area (Å²) in [6, 6.07) is 13.3. The Morgan fingerprint density at radius 1 is 1.06 bits per heavy atom. The van der Waals surface area contributed by atoms with E-state index in [2.05, 4.69) is 43.4 Å². The van der Waals surface area contributed by atoms with Crippen molar-refractivity contribution in [3.8, 4) is 11.5 Å². The predicted octanol–water partition coefficient (Wildman–Crippen LogP) is 3.34. The Hall–Kier alpha value is -2.74. The van der Waals surface area contributed by atoms with Crippen LogP contribution in [0.3, 0.4) is 0 Å². The number of hydrogen-bond donors (Lipinski definition) is 1. The zero-order valence-corrected chi connectivity index (χ0v) is 19.7. The quantitative estimate of drug-likeness (QED) is 0.533. The summed E-state index contributed by atoms with van der Waals surface area (Å²) in [5.41, 5.74) is 2.76. The van der Waals surface area contributed by atoms with Gasteiger partial charge in [-0.25, -0.2) is 8.42 Å². The average Bonchev–Trinajstić information content (AvgIpc) is 2.74. The van der Waals surface area contributed by atoms with Crippen molar-refractivity contribution < 1.29 is 22.7 Å². The standard InChI is InChI=1S/C23H32N2O5S/c1-17(2)19-10-8-18(9-11-19)7-6-14-24-23(26)16-25(31(5,27)28)21-15-20(29-3)12-13-22(21)30-4/h8-13,15,17H,6-7,14,16H2,1-5H3,(H,24,26). The molecular weight excluding hydrogens is 416 g/mol. The second kappa shape index (κ2) is 11.0. The first-order valence-corrected chi connectivity index (χ1v) is 12.1. The molecule has 2 rings (SSSR count). The molecule has 0 spiro atoms. The number of anilines is 1. The lowest BCUT2D eigenvalue weighted by molar-refractivity contribution is -0.119. The summed E-state index contributed by atoms with van der Waals surface area (Å²) in [7, 11) is -0.789. The molecule has 2 aromatic carbocycles. The number of benzene rings is 2. The van der Waals surface area contributed by atoms with Crippen LogP contribution in [0, 0.1) is 0 Å². The highest BCUT2D eigenvalue weighted by Gasteiger charge is 2.24. The maximum absolute atomic E-state index is 12.5. The van der Waals surface area contributed by atoms with Crippen LogP contribution < -0.4 is 19.1 Å². The second-order valence-electron chi connectivity index (χ2n) is 7.66. The normalized spacial score (nSPS) is 11.3. The van der Waals surface area contributed by atoms with Gasteiger partial charge in [0.05, 0.1) is 26.2 Å². The van der Waals surface area contributed by atoms with Crippen LogP contribution in [0.5, 0.6) is 11.5 Å². The fraction of sp³-hybridized carbons (Fsp3) is 0.435. The van der Waals surface area contributed by atoms with Crippen LogP contribution in [0.25, 0.3) is 0 Å². The van der Waals surface area contributed by atoms with Gasteiger partial charge in [-0.15, -0.1) is 0 Å². The largest absolute Gasteiger partial charge is 0.497 e. The van der Waals surface area contributed by atoms with Gasteiger partial charge in [0.15, 0.2) is 0 Å². The zero-order valence-electron chi connectivity index (χ0n) is 18.8. The molecule has 0 radical (unpaired) electrons. The van der Waals surface area contributed by atoms with Crippen molar-refractivity contribution in [3.63, 3.8) is 0 Å². The van der Waals surface area contributed by atoms with E-state index < -0.39 is 10.0 Å². The fourth-order valence-corrected chi connectivity index (χ4v) is 4.00. The van der Waals surface area contributed by atoms with E-state index in [0.717, 1.165) is 23.4 Å². The molecule has 0 aliphatic rings. The Balaban J connectivity index is 1.98. The number of ether oxygens (including phenoxy) is 2. The van der Waals surface area contributed by atoms with E-state index in [4.69, 9.17) is 9.47 Å². The number of hydrogen-bond acceptors (Lipinski definition) is 5. The first-order valence-electron chi connectivity index (χ1n) is 10.2. The van der Waals surface area contributed by atoms with E-state index >= 15 is 0 Å². The van der Waals surface area contributed by atoms with Crippen molar-refractivity contribution in [2.24, 2.45) is 0 Å². The number of carbonyl (C=O) groups excluding carboxylic acids is 1. The van der Waals surface area contributed by atoms with Crippen molar-refractivity contribution in [2.45, 2.75) is 32.6 Å². The Bertz CT molecular complexity index is 972. The van der Waals surface area contributed by atoms with Gasteiger partial charge in [-0.05, 0) is 42.0 Å². The van der Waals surface area contributed by atoms with Crippen molar-refractivity contribution in [3.05, 3.63) is 53.6 Å². The Kier molecular flexibility index (Phi) is 8.74. The Morgan fingerprint density at radius 3 is 2.29 bits per heavy atom. The summed E-state index contributed by atoms with van der Waals surface area (Å²) in [6.07, 6.45) is 2.65. The van der Waals surface area contributed by atoms with E-state index in [0.29, 0.717) is 24.0 Å². The third kappa shape index (κ3) is 7.17. The number of amides is 1. The van der Waals surface area contributed by atoms with E-state index in [1.807, 2.05) is 0 Å². The molecule has 0 saturated carbocycles. The van der Waals surface area contributed by atoms with E-state index in [1.54, 1.807) is 12.1 Å². The molecule has 1 N–H and O–H groups in total. The molecule has 0 aliphatic carbocycles. The molecule has 31 heavy (non-hydrogen) atoms. The van der Waals surface area contributed by atoms with Crippen LogP contribution >= 0.6 is 0 Å². The Morgan fingerprint density at radius 2 is 1.74 bits per heavy atom. The number of carbonyl (C=O) groups is 1. The average molecular weight is 449 g/mol.